The van der Waals surface area contributed by atoms with Crippen LogP contribution in [0.25, 0.3) is 0 Å². The molecule has 3 rings (SSSR count). The largest absolute Gasteiger partial charge is 0.353 e. The van der Waals surface area contributed by atoms with E-state index in [9.17, 15) is 9.59 Å². The summed E-state index contributed by atoms with van der Waals surface area (Å²) in [6.07, 6.45) is 6.65. The van der Waals surface area contributed by atoms with Gasteiger partial charge in [-0.1, -0.05) is 13.8 Å². The normalized spacial score (nSPS) is 24.2. The van der Waals surface area contributed by atoms with Crippen molar-refractivity contribution in [3.8, 4) is 0 Å². The first-order chi connectivity index (χ1) is 12.5. The summed E-state index contributed by atoms with van der Waals surface area (Å²) >= 11 is 0. The number of carbonyl (C=O) groups is 2. The molecule has 1 N–H and O–H groups in total. The minimum absolute atomic E-state index is 0.00368. The van der Waals surface area contributed by atoms with Crippen LogP contribution in [-0.4, -0.2) is 58.9 Å². The summed E-state index contributed by atoms with van der Waals surface area (Å²) in [6, 6.07) is 0.121. The van der Waals surface area contributed by atoms with Crippen molar-refractivity contribution in [2.24, 2.45) is 17.8 Å². The molecule has 0 saturated carbocycles. The third-order valence-electron chi connectivity index (χ3n) is 5.73. The van der Waals surface area contributed by atoms with Gasteiger partial charge in [-0.25, -0.2) is 4.98 Å². The van der Waals surface area contributed by atoms with Gasteiger partial charge in [-0.15, -0.1) is 0 Å². The van der Waals surface area contributed by atoms with E-state index in [0.717, 1.165) is 31.7 Å². The van der Waals surface area contributed by atoms with Gasteiger partial charge in [-0.05, 0) is 18.8 Å². The zero-order valence-corrected chi connectivity index (χ0v) is 15.9. The van der Waals surface area contributed by atoms with E-state index in [4.69, 9.17) is 0 Å². The van der Waals surface area contributed by atoms with Gasteiger partial charge < -0.3 is 15.1 Å². The van der Waals surface area contributed by atoms with Crippen molar-refractivity contribution in [3.05, 3.63) is 18.6 Å². The number of piperidine rings is 1. The molecule has 26 heavy (non-hydrogen) atoms. The monoisotopic (exact) mass is 359 g/mol. The van der Waals surface area contributed by atoms with Crippen LogP contribution < -0.4 is 10.2 Å². The summed E-state index contributed by atoms with van der Waals surface area (Å²) in [6.45, 7) is 9.00. The fraction of sp³-hybridized carbons (Fsp3) is 0.684. The quantitative estimate of drug-likeness (QED) is 0.877. The van der Waals surface area contributed by atoms with Gasteiger partial charge in [0, 0.05) is 57.3 Å². The molecule has 2 unspecified atom stereocenters. The lowest BCUT2D eigenvalue weighted by atomic mass is 9.90. The SMILES string of the molecule is CC(=O)N1CCC(C(=O)NC2CN(c3cnccn3)CC2C(C)C)CC1. The Morgan fingerprint density at radius 2 is 1.92 bits per heavy atom. The predicted molar refractivity (Wildman–Crippen MR) is 99.5 cm³/mol. The molecular weight excluding hydrogens is 330 g/mol. The maximum Gasteiger partial charge on any atom is 0.223 e. The van der Waals surface area contributed by atoms with Crippen LogP contribution in [0.5, 0.6) is 0 Å². The summed E-state index contributed by atoms with van der Waals surface area (Å²) in [5.41, 5.74) is 0. The minimum atomic E-state index is 0.00368. The number of hydrogen-bond donors (Lipinski definition) is 1. The average Bonchev–Trinajstić information content (AvgIpc) is 3.06. The Morgan fingerprint density at radius 3 is 2.50 bits per heavy atom. The van der Waals surface area contributed by atoms with E-state index in [1.165, 1.54) is 0 Å². The van der Waals surface area contributed by atoms with E-state index in [0.29, 0.717) is 24.9 Å². The molecule has 142 valence electrons. The first kappa shape index (κ1) is 18.6. The second-order valence-corrected chi connectivity index (χ2v) is 7.77. The van der Waals surface area contributed by atoms with Crippen molar-refractivity contribution >= 4 is 17.6 Å². The summed E-state index contributed by atoms with van der Waals surface area (Å²) in [5.74, 6) is 1.96. The lowest BCUT2D eigenvalue weighted by Gasteiger charge is -2.32. The lowest BCUT2D eigenvalue weighted by molar-refractivity contribution is -0.134. The third kappa shape index (κ3) is 4.14. The van der Waals surface area contributed by atoms with Crippen LogP contribution in [0, 0.1) is 17.8 Å². The molecule has 0 aliphatic carbocycles. The zero-order valence-electron chi connectivity index (χ0n) is 15.9. The molecule has 2 aliphatic rings. The molecule has 0 radical (unpaired) electrons. The summed E-state index contributed by atoms with van der Waals surface area (Å²) in [7, 11) is 0. The molecule has 0 bridgehead atoms. The summed E-state index contributed by atoms with van der Waals surface area (Å²) in [5, 5.41) is 3.29. The molecule has 2 amide bonds. The van der Waals surface area contributed by atoms with Crippen LogP contribution in [0.15, 0.2) is 18.6 Å². The fourth-order valence-electron chi connectivity index (χ4n) is 4.06. The van der Waals surface area contributed by atoms with E-state index in [2.05, 4.69) is 34.0 Å². The Labute approximate surface area is 155 Å². The van der Waals surface area contributed by atoms with Crippen LogP contribution in [0.2, 0.25) is 0 Å². The molecule has 2 saturated heterocycles. The molecule has 0 aromatic carbocycles. The van der Waals surface area contributed by atoms with Crippen molar-refractivity contribution in [2.75, 3.05) is 31.1 Å². The van der Waals surface area contributed by atoms with E-state index >= 15 is 0 Å². The van der Waals surface area contributed by atoms with Crippen LogP contribution in [0.1, 0.15) is 33.6 Å². The Balaban J connectivity index is 1.60. The topological polar surface area (TPSA) is 78.4 Å². The predicted octanol–water partition coefficient (Wildman–Crippen LogP) is 1.31. The zero-order chi connectivity index (χ0) is 18.7. The molecule has 1 aromatic heterocycles. The molecule has 3 heterocycles. The highest BCUT2D eigenvalue weighted by atomic mass is 16.2. The lowest BCUT2D eigenvalue weighted by Crippen LogP contribution is -2.47. The van der Waals surface area contributed by atoms with Gasteiger partial charge in [0.15, 0.2) is 0 Å². The van der Waals surface area contributed by atoms with Crippen molar-refractivity contribution in [1.29, 1.82) is 0 Å². The number of anilines is 1. The highest BCUT2D eigenvalue weighted by Crippen LogP contribution is 2.28. The van der Waals surface area contributed by atoms with Gasteiger partial charge >= 0.3 is 0 Å². The Morgan fingerprint density at radius 1 is 1.19 bits per heavy atom. The molecule has 2 fully saturated rings. The first-order valence-corrected chi connectivity index (χ1v) is 9.52. The highest BCUT2D eigenvalue weighted by molar-refractivity contribution is 5.80. The van der Waals surface area contributed by atoms with Gasteiger partial charge in [-0.2, -0.15) is 0 Å². The maximum atomic E-state index is 12.8. The second kappa shape index (κ2) is 8.01. The van der Waals surface area contributed by atoms with E-state index < -0.39 is 0 Å². The number of nitrogens with zero attached hydrogens (tertiary/aromatic N) is 4. The van der Waals surface area contributed by atoms with E-state index in [1.54, 1.807) is 25.5 Å². The smallest absolute Gasteiger partial charge is 0.223 e. The van der Waals surface area contributed by atoms with Crippen LogP contribution in [0.3, 0.4) is 0 Å². The molecule has 7 heteroatoms. The average molecular weight is 359 g/mol. The minimum Gasteiger partial charge on any atom is -0.353 e. The number of aromatic nitrogens is 2. The van der Waals surface area contributed by atoms with Crippen LogP contribution in [-0.2, 0) is 9.59 Å². The van der Waals surface area contributed by atoms with Gasteiger partial charge in [0.25, 0.3) is 0 Å². The van der Waals surface area contributed by atoms with Gasteiger partial charge in [0.1, 0.15) is 5.82 Å². The second-order valence-electron chi connectivity index (χ2n) is 7.77. The number of carbonyl (C=O) groups excluding carboxylic acids is 2. The van der Waals surface area contributed by atoms with Crippen molar-refractivity contribution in [2.45, 2.75) is 39.7 Å². The molecule has 0 spiro atoms. The van der Waals surface area contributed by atoms with Crippen molar-refractivity contribution < 1.29 is 9.59 Å². The molecule has 2 atom stereocenters. The highest BCUT2D eigenvalue weighted by Gasteiger charge is 2.37. The fourth-order valence-corrected chi connectivity index (χ4v) is 4.06. The molecule has 2 aliphatic heterocycles. The van der Waals surface area contributed by atoms with Crippen LogP contribution >= 0.6 is 0 Å². The maximum absolute atomic E-state index is 12.8. The summed E-state index contributed by atoms with van der Waals surface area (Å²) < 4.78 is 0. The standard InChI is InChI=1S/C19H29N5O2/c1-13(2)16-11-24(18-10-20-6-7-21-18)12-17(16)22-19(26)15-4-8-23(9-5-15)14(3)25/h6-7,10,13,15-17H,4-5,8-9,11-12H2,1-3H3,(H,22,26). The van der Waals surface area contributed by atoms with E-state index in [1.807, 2.05) is 4.90 Å². The number of nitrogens with one attached hydrogen (secondary N) is 1. The molecular formula is C19H29N5O2. The Hall–Kier alpha value is -2.18. The molecule has 1 aromatic rings. The van der Waals surface area contributed by atoms with Crippen molar-refractivity contribution in [1.82, 2.24) is 20.2 Å². The third-order valence-corrected chi connectivity index (χ3v) is 5.73. The summed E-state index contributed by atoms with van der Waals surface area (Å²) in [4.78, 5) is 36.8. The Bertz CT molecular complexity index is 628. The van der Waals surface area contributed by atoms with Crippen LogP contribution in [0.4, 0.5) is 5.82 Å². The number of hydrogen-bond acceptors (Lipinski definition) is 5. The van der Waals surface area contributed by atoms with Gasteiger partial charge in [0.05, 0.1) is 12.2 Å². The van der Waals surface area contributed by atoms with Crippen molar-refractivity contribution in [3.63, 3.8) is 0 Å². The van der Waals surface area contributed by atoms with E-state index in [-0.39, 0.29) is 23.8 Å². The molecule has 7 nitrogen and oxygen atoms in total. The Kier molecular flexibility index (Phi) is 5.74. The number of amides is 2. The number of rotatable bonds is 4. The number of likely N-dealkylation sites (tertiary alicyclic amines) is 1. The first-order valence-electron chi connectivity index (χ1n) is 9.52. The van der Waals surface area contributed by atoms with Gasteiger partial charge in [-0.3, -0.25) is 14.6 Å². The van der Waals surface area contributed by atoms with Gasteiger partial charge in [0.2, 0.25) is 11.8 Å².